The average Bonchev–Trinajstić information content (AvgIpc) is 3.54. The third-order valence-corrected chi connectivity index (χ3v) is 10.4. The standard InChI is InChI=1S/C32H40ClN5O/c1-20(2)37-19-34-26-17-25(35-29(33)28(26)37)21-8-9-24-27(14-21)38(30(39)32(24)10-6-5-7-11-32)23-15-22(16-23)36-13-12-31(3,4)18-36/h8-9,14,17,19-20,22-23H,5-7,10-13,15-16,18H2,1-4H3/t22-,23+. The van der Waals surface area contributed by atoms with Crippen molar-refractivity contribution in [3.8, 4) is 11.3 Å². The molecule has 6 nitrogen and oxygen atoms in total. The molecule has 3 aromatic rings. The van der Waals surface area contributed by atoms with Crippen LogP contribution in [0.25, 0.3) is 22.3 Å². The molecule has 7 rings (SSSR count). The Kier molecular flexibility index (Phi) is 5.91. The highest BCUT2D eigenvalue weighted by Gasteiger charge is 2.55. The summed E-state index contributed by atoms with van der Waals surface area (Å²) >= 11 is 6.73. The van der Waals surface area contributed by atoms with Gasteiger partial charge in [0.15, 0.2) is 5.15 Å². The highest BCUT2D eigenvalue weighted by atomic mass is 35.5. The lowest BCUT2D eigenvalue weighted by Crippen LogP contribution is -2.56. The Hall–Kier alpha value is -2.44. The molecule has 4 aliphatic rings. The van der Waals surface area contributed by atoms with Crippen molar-refractivity contribution in [1.82, 2.24) is 19.4 Å². The fourth-order valence-corrected chi connectivity index (χ4v) is 8.12. The van der Waals surface area contributed by atoms with Gasteiger partial charge in [0, 0.05) is 35.9 Å². The van der Waals surface area contributed by atoms with E-state index in [-0.39, 0.29) is 17.5 Å². The number of hydrogen-bond donors (Lipinski definition) is 0. The number of carbonyl (C=O) groups is 1. The predicted molar refractivity (Wildman–Crippen MR) is 157 cm³/mol. The quantitative estimate of drug-likeness (QED) is 0.327. The number of nitrogens with zero attached hydrogens (tertiary/aromatic N) is 5. The molecule has 7 heteroatoms. The zero-order valence-corrected chi connectivity index (χ0v) is 24.5. The Morgan fingerprint density at radius 1 is 1.03 bits per heavy atom. The number of pyridine rings is 1. The number of halogens is 1. The van der Waals surface area contributed by atoms with Crippen LogP contribution < -0.4 is 4.90 Å². The third kappa shape index (κ3) is 3.96. The highest BCUT2D eigenvalue weighted by Crippen LogP contribution is 2.53. The molecule has 2 aliphatic carbocycles. The second-order valence-electron chi connectivity index (χ2n) is 13.6. The first kappa shape index (κ1) is 25.5. The summed E-state index contributed by atoms with van der Waals surface area (Å²) in [7, 11) is 0. The molecule has 2 aromatic heterocycles. The second kappa shape index (κ2) is 9.04. The monoisotopic (exact) mass is 545 g/mol. The summed E-state index contributed by atoms with van der Waals surface area (Å²) in [5, 5.41) is 0.473. The molecule has 1 saturated heterocycles. The van der Waals surface area contributed by atoms with Crippen molar-refractivity contribution in [2.75, 3.05) is 18.0 Å². The van der Waals surface area contributed by atoms with Crippen molar-refractivity contribution in [2.24, 2.45) is 5.41 Å². The Bertz CT molecular complexity index is 1450. The Balaban J connectivity index is 1.25. The topological polar surface area (TPSA) is 54.3 Å². The number of carbonyl (C=O) groups excluding carboxylic acids is 1. The van der Waals surface area contributed by atoms with Crippen molar-refractivity contribution in [3.63, 3.8) is 0 Å². The lowest BCUT2D eigenvalue weighted by Gasteiger charge is -2.46. The molecule has 1 aromatic carbocycles. The van der Waals surface area contributed by atoms with Crippen LogP contribution in [-0.2, 0) is 10.2 Å². The van der Waals surface area contributed by atoms with E-state index >= 15 is 0 Å². The normalized spacial score (nSPS) is 26.1. The number of likely N-dealkylation sites (tertiary alicyclic amines) is 1. The fourth-order valence-electron chi connectivity index (χ4n) is 7.84. The summed E-state index contributed by atoms with van der Waals surface area (Å²) in [6.07, 6.45) is 10.7. The van der Waals surface area contributed by atoms with E-state index in [1.807, 2.05) is 12.4 Å². The van der Waals surface area contributed by atoms with Crippen LogP contribution in [0.15, 0.2) is 30.6 Å². The van der Waals surface area contributed by atoms with Gasteiger partial charge in [0.05, 0.1) is 23.0 Å². The Morgan fingerprint density at radius 3 is 2.49 bits per heavy atom. The zero-order valence-electron chi connectivity index (χ0n) is 23.7. The fraction of sp³-hybridized carbons (Fsp3) is 0.594. The summed E-state index contributed by atoms with van der Waals surface area (Å²) in [4.78, 5) is 28.6. The molecule has 1 spiro atoms. The smallest absolute Gasteiger partial charge is 0.237 e. The van der Waals surface area contributed by atoms with Crippen molar-refractivity contribution < 1.29 is 4.79 Å². The van der Waals surface area contributed by atoms with E-state index in [0.717, 1.165) is 66.5 Å². The van der Waals surface area contributed by atoms with Crippen LogP contribution in [-0.4, -0.2) is 50.5 Å². The first-order valence-corrected chi connectivity index (χ1v) is 15.3. The second-order valence-corrected chi connectivity index (χ2v) is 14.0. The van der Waals surface area contributed by atoms with Gasteiger partial charge >= 0.3 is 0 Å². The van der Waals surface area contributed by atoms with Gasteiger partial charge in [0.25, 0.3) is 0 Å². The molecule has 0 bridgehead atoms. The average molecular weight is 546 g/mol. The molecule has 2 aliphatic heterocycles. The number of hydrogen-bond acceptors (Lipinski definition) is 4. The van der Waals surface area contributed by atoms with Gasteiger partial charge in [-0.3, -0.25) is 9.69 Å². The zero-order chi connectivity index (χ0) is 27.1. The van der Waals surface area contributed by atoms with E-state index in [1.54, 1.807) is 0 Å². The minimum absolute atomic E-state index is 0.254. The summed E-state index contributed by atoms with van der Waals surface area (Å²) in [6, 6.07) is 9.75. The number of rotatable bonds is 4. The maximum Gasteiger partial charge on any atom is 0.237 e. The molecule has 0 radical (unpaired) electrons. The molecule has 0 atom stereocenters. The lowest BCUT2D eigenvalue weighted by molar-refractivity contribution is -0.125. The van der Waals surface area contributed by atoms with Gasteiger partial charge in [0.2, 0.25) is 5.91 Å². The van der Waals surface area contributed by atoms with Gasteiger partial charge in [-0.15, -0.1) is 0 Å². The molecule has 0 N–H and O–H groups in total. The van der Waals surface area contributed by atoms with Crippen LogP contribution in [0.3, 0.4) is 0 Å². The Labute approximate surface area is 236 Å². The van der Waals surface area contributed by atoms with E-state index in [2.05, 4.69) is 65.2 Å². The molecule has 4 heterocycles. The molecule has 2 saturated carbocycles. The molecule has 3 fully saturated rings. The van der Waals surface area contributed by atoms with Crippen LogP contribution >= 0.6 is 11.6 Å². The SMILES string of the molecule is CC(C)n1cnc2cc(-c3ccc4c(c3)N([C@H]3C[C@@H](N5CCC(C)(C)C5)C3)C(=O)C43CCCCC3)nc(Cl)c21. The van der Waals surface area contributed by atoms with Gasteiger partial charge in [-0.05, 0) is 75.6 Å². The summed E-state index contributed by atoms with van der Waals surface area (Å²) < 4.78 is 2.07. The number of aromatic nitrogens is 3. The molecule has 206 valence electrons. The van der Waals surface area contributed by atoms with Gasteiger partial charge in [-0.2, -0.15) is 0 Å². The summed E-state index contributed by atoms with van der Waals surface area (Å²) in [6.45, 7) is 11.3. The van der Waals surface area contributed by atoms with Crippen molar-refractivity contribution >= 4 is 34.2 Å². The van der Waals surface area contributed by atoms with E-state index in [1.165, 1.54) is 31.5 Å². The van der Waals surface area contributed by atoms with Crippen molar-refractivity contribution in [1.29, 1.82) is 0 Å². The minimum Gasteiger partial charge on any atom is -0.326 e. The van der Waals surface area contributed by atoms with E-state index in [4.69, 9.17) is 16.6 Å². The van der Waals surface area contributed by atoms with Gasteiger partial charge in [-0.25, -0.2) is 9.97 Å². The maximum absolute atomic E-state index is 14.3. The van der Waals surface area contributed by atoms with Crippen LogP contribution in [0.4, 0.5) is 5.69 Å². The summed E-state index contributed by atoms with van der Waals surface area (Å²) in [5.74, 6) is 0.344. The van der Waals surface area contributed by atoms with Crippen LogP contribution in [0.1, 0.15) is 90.7 Å². The predicted octanol–water partition coefficient (Wildman–Crippen LogP) is 7.14. The van der Waals surface area contributed by atoms with E-state index in [9.17, 15) is 4.79 Å². The number of fused-ring (bicyclic) bond motifs is 3. The molecular weight excluding hydrogens is 506 g/mol. The van der Waals surface area contributed by atoms with Crippen molar-refractivity contribution in [3.05, 3.63) is 41.3 Å². The molecule has 39 heavy (non-hydrogen) atoms. The Morgan fingerprint density at radius 2 is 1.79 bits per heavy atom. The van der Waals surface area contributed by atoms with Crippen LogP contribution in [0.5, 0.6) is 0 Å². The van der Waals surface area contributed by atoms with Crippen LogP contribution in [0, 0.1) is 5.41 Å². The molecular formula is C32H40ClN5O. The molecule has 1 amide bonds. The van der Waals surface area contributed by atoms with Crippen LogP contribution in [0.2, 0.25) is 5.15 Å². The van der Waals surface area contributed by atoms with Crippen molar-refractivity contribution in [2.45, 2.75) is 103 Å². The number of benzene rings is 1. The largest absolute Gasteiger partial charge is 0.326 e. The van der Waals surface area contributed by atoms with Gasteiger partial charge in [-0.1, -0.05) is 56.8 Å². The van der Waals surface area contributed by atoms with Gasteiger partial charge in [0.1, 0.15) is 5.52 Å². The van der Waals surface area contributed by atoms with Gasteiger partial charge < -0.3 is 9.47 Å². The first-order valence-electron chi connectivity index (χ1n) is 14.9. The van der Waals surface area contributed by atoms with E-state index < -0.39 is 0 Å². The first-order chi connectivity index (χ1) is 18.7. The number of imidazole rings is 1. The molecule has 0 unspecified atom stereocenters. The number of amides is 1. The minimum atomic E-state index is -0.349. The summed E-state index contributed by atoms with van der Waals surface area (Å²) in [5.41, 5.74) is 5.94. The third-order valence-electron chi connectivity index (χ3n) is 10.1. The highest BCUT2D eigenvalue weighted by molar-refractivity contribution is 6.34. The maximum atomic E-state index is 14.3. The number of anilines is 1. The lowest BCUT2D eigenvalue weighted by atomic mass is 9.70. The van der Waals surface area contributed by atoms with E-state index in [0.29, 0.717) is 22.5 Å².